The zero-order valence-corrected chi connectivity index (χ0v) is 27.8. The molecule has 10 aromatic rings. The second-order valence-electron chi connectivity index (χ2n) is 13.0. The second kappa shape index (κ2) is 11.9. The molecule has 8 aromatic carbocycles. The van der Waals surface area contributed by atoms with Crippen molar-refractivity contribution in [2.24, 2.45) is 0 Å². The van der Waals surface area contributed by atoms with Crippen molar-refractivity contribution in [3.05, 3.63) is 194 Å². The van der Waals surface area contributed by atoms with Crippen molar-refractivity contribution >= 4 is 60.8 Å². The predicted octanol–water partition coefficient (Wildman–Crippen LogP) is 13.5. The molecule has 2 aromatic heterocycles. The Morgan fingerprint density at radius 1 is 0.333 bits per heavy atom. The van der Waals surface area contributed by atoms with E-state index in [2.05, 4.69) is 191 Å². The molecule has 3 nitrogen and oxygen atoms in total. The largest absolute Gasteiger partial charge is 0.456 e. The maximum Gasteiger partial charge on any atom is 0.136 e. The van der Waals surface area contributed by atoms with E-state index >= 15 is 0 Å². The van der Waals surface area contributed by atoms with E-state index in [9.17, 15) is 0 Å². The summed E-state index contributed by atoms with van der Waals surface area (Å²) in [7, 11) is 0. The quantitative estimate of drug-likeness (QED) is 0.178. The highest BCUT2D eigenvalue weighted by atomic mass is 16.3. The van der Waals surface area contributed by atoms with E-state index in [0.29, 0.717) is 0 Å². The number of anilines is 3. The van der Waals surface area contributed by atoms with Crippen LogP contribution in [-0.2, 0) is 0 Å². The molecule has 0 saturated heterocycles. The van der Waals surface area contributed by atoms with Gasteiger partial charge in [-0.2, -0.15) is 0 Å². The molecule has 0 aliphatic carbocycles. The molecule has 2 heterocycles. The number of benzene rings is 8. The summed E-state index contributed by atoms with van der Waals surface area (Å²) >= 11 is 0. The average molecular weight is 653 g/mol. The van der Waals surface area contributed by atoms with Gasteiger partial charge in [-0.05, 0) is 95.1 Å². The van der Waals surface area contributed by atoms with E-state index in [1.807, 2.05) is 12.1 Å². The van der Waals surface area contributed by atoms with Crippen molar-refractivity contribution in [2.75, 3.05) is 4.90 Å². The molecule has 51 heavy (non-hydrogen) atoms. The molecule has 0 aliphatic heterocycles. The Labute approximate surface area is 295 Å². The molecular formula is C48H32N2O. The first kappa shape index (κ1) is 29.1. The van der Waals surface area contributed by atoms with Gasteiger partial charge in [0.2, 0.25) is 0 Å². The van der Waals surface area contributed by atoms with Gasteiger partial charge in [-0.15, -0.1) is 0 Å². The van der Waals surface area contributed by atoms with Gasteiger partial charge in [-0.1, -0.05) is 121 Å². The number of furan rings is 1. The van der Waals surface area contributed by atoms with Crippen LogP contribution in [0.5, 0.6) is 0 Å². The van der Waals surface area contributed by atoms with Crippen molar-refractivity contribution in [1.29, 1.82) is 0 Å². The molecule has 0 saturated carbocycles. The fourth-order valence-corrected chi connectivity index (χ4v) is 7.58. The zero-order chi connectivity index (χ0) is 33.7. The molecule has 0 N–H and O–H groups in total. The lowest BCUT2D eigenvalue weighted by atomic mass is 10.0. The Balaban J connectivity index is 1.11. The SMILES string of the molecule is c1ccc(-c2cccc(N(c3ccc(-c4ccc5c(c4)oc4ccccc45)cc3)c3cccc(-n4c5ccccc5c5ccccc54)c3)c2)cc1. The van der Waals surface area contributed by atoms with E-state index < -0.39 is 0 Å². The summed E-state index contributed by atoms with van der Waals surface area (Å²) in [6, 6.07) is 69.2. The smallest absolute Gasteiger partial charge is 0.136 e. The van der Waals surface area contributed by atoms with Crippen molar-refractivity contribution in [1.82, 2.24) is 4.57 Å². The van der Waals surface area contributed by atoms with Crippen LogP contribution in [0.1, 0.15) is 0 Å². The second-order valence-corrected chi connectivity index (χ2v) is 13.0. The van der Waals surface area contributed by atoms with Gasteiger partial charge < -0.3 is 13.9 Å². The van der Waals surface area contributed by atoms with Gasteiger partial charge in [-0.3, -0.25) is 0 Å². The number of rotatable bonds is 6. The predicted molar refractivity (Wildman–Crippen MR) is 214 cm³/mol. The maximum absolute atomic E-state index is 6.22. The minimum absolute atomic E-state index is 0.902. The third-order valence-corrected chi connectivity index (χ3v) is 9.98. The lowest BCUT2D eigenvalue weighted by Crippen LogP contribution is -2.10. The van der Waals surface area contributed by atoms with E-state index in [-0.39, 0.29) is 0 Å². The third-order valence-electron chi connectivity index (χ3n) is 9.98. The van der Waals surface area contributed by atoms with Crippen molar-refractivity contribution < 1.29 is 4.42 Å². The van der Waals surface area contributed by atoms with Crippen LogP contribution in [0.25, 0.3) is 71.7 Å². The van der Waals surface area contributed by atoms with E-state index in [4.69, 9.17) is 4.42 Å². The Bertz CT molecular complexity index is 2810. The highest BCUT2D eigenvalue weighted by Crippen LogP contribution is 2.40. The Hall–Kier alpha value is -6.84. The summed E-state index contributed by atoms with van der Waals surface area (Å²) in [5, 5.41) is 4.79. The van der Waals surface area contributed by atoms with Gasteiger partial charge in [0.1, 0.15) is 11.2 Å². The fourth-order valence-electron chi connectivity index (χ4n) is 7.58. The Morgan fingerprint density at radius 2 is 0.882 bits per heavy atom. The number of hydrogen-bond acceptors (Lipinski definition) is 2. The van der Waals surface area contributed by atoms with Gasteiger partial charge in [0.25, 0.3) is 0 Å². The van der Waals surface area contributed by atoms with Crippen LogP contribution >= 0.6 is 0 Å². The number of nitrogens with zero attached hydrogens (tertiary/aromatic N) is 2. The van der Waals surface area contributed by atoms with Crippen LogP contribution in [0.2, 0.25) is 0 Å². The van der Waals surface area contributed by atoms with Crippen LogP contribution in [0.3, 0.4) is 0 Å². The van der Waals surface area contributed by atoms with Gasteiger partial charge in [0.05, 0.1) is 11.0 Å². The van der Waals surface area contributed by atoms with Gasteiger partial charge in [0, 0.05) is 44.3 Å². The lowest BCUT2D eigenvalue weighted by Gasteiger charge is -2.27. The van der Waals surface area contributed by atoms with E-state index in [1.54, 1.807) is 0 Å². The highest BCUT2D eigenvalue weighted by Gasteiger charge is 2.17. The zero-order valence-electron chi connectivity index (χ0n) is 27.8. The van der Waals surface area contributed by atoms with Gasteiger partial charge in [-0.25, -0.2) is 0 Å². The maximum atomic E-state index is 6.22. The molecule has 0 bridgehead atoms. The molecule has 240 valence electrons. The summed E-state index contributed by atoms with van der Waals surface area (Å²) in [4.78, 5) is 2.36. The Kier molecular flexibility index (Phi) is 6.81. The molecule has 0 atom stereocenters. The lowest BCUT2D eigenvalue weighted by molar-refractivity contribution is 0.669. The molecule has 0 fully saturated rings. The first-order valence-corrected chi connectivity index (χ1v) is 17.3. The minimum atomic E-state index is 0.902. The van der Waals surface area contributed by atoms with Crippen LogP contribution in [0.4, 0.5) is 17.1 Å². The fraction of sp³-hybridized carbons (Fsp3) is 0. The number of fused-ring (bicyclic) bond motifs is 6. The molecule has 3 heteroatoms. The highest BCUT2D eigenvalue weighted by molar-refractivity contribution is 6.09. The number of para-hydroxylation sites is 3. The minimum Gasteiger partial charge on any atom is -0.456 e. The molecule has 0 amide bonds. The van der Waals surface area contributed by atoms with Crippen molar-refractivity contribution in [3.63, 3.8) is 0 Å². The normalized spacial score (nSPS) is 11.5. The topological polar surface area (TPSA) is 21.3 Å². The summed E-state index contributed by atoms with van der Waals surface area (Å²) in [5.74, 6) is 0. The summed E-state index contributed by atoms with van der Waals surface area (Å²) in [6.07, 6.45) is 0. The molecule has 0 spiro atoms. The molecule has 0 radical (unpaired) electrons. The average Bonchev–Trinajstić information content (AvgIpc) is 3.74. The van der Waals surface area contributed by atoms with Crippen LogP contribution in [0.15, 0.2) is 199 Å². The van der Waals surface area contributed by atoms with Crippen molar-refractivity contribution in [3.8, 4) is 27.9 Å². The van der Waals surface area contributed by atoms with Crippen LogP contribution < -0.4 is 4.90 Å². The molecular weight excluding hydrogens is 621 g/mol. The number of hydrogen-bond donors (Lipinski definition) is 0. The first-order valence-electron chi connectivity index (χ1n) is 17.3. The van der Waals surface area contributed by atoms with Crippen LogP contribution in [-0.4, -0.2) is 4.57 Å². The summed E-state index contributed by atoms with van der Waals surface area (Å²) in [5.41, 5.74) is 13.2. The van der Waals surface area contributed by atoms with E-state index in [1.165, 1.54) is 32.9 Å². The third kappa shape index (κ3) is 4.98. The van der Waals surface area contributed by atoms with Gasteiger partial charge in [0.15, 0.2) is 0 Å². The first-order chi connectivity index (χ1) is 25.3. The standard InChI is InChI=1S/C48H32N2O/c1-2-12-33(13-3-1)35-14-10-15-38(30-35)49(37-27-24-34(25-28-37)36-26-29-44-43-20-6-9-23-47(43)51-48(44)31-36)39-16-11-17-40(32-39)50-45-21-7-4-18-41(45)42-19-5-8-22-46(42)50/h1-32H. The molecule has 0 aliphatic rings. The molecule has 0 unspecified atom stereocenters. The van der Waals surface area contributed by atoms with Crippen LogP contribution in [0, 0.1) is 0 Å². The Morgan fingerprint density at radius 3 is 1.65 bits per heavy atom. The summed E-state index contributed by atoms with van der Waals surface area (Å²) in [6.45, 7) is 0. The monoisotopic (exact) mass is 652 g/mol. The van der Waals surface area contributed by atoms with Gasteiger partial charge >= 0.3 is 0 Å². The van der Waals surface area contributed by atoms with Crippen molar-refractivity contribution in [2.45, 2.75) is 0 Å². The molecule has 10 rings (SSSR count). The van der Waals surface area contributed by atoms with E-state index in [0.717, 1.165) is 55.8 Å². The summed E-state index contributed by atoms with van der Waals surface area (Å²) < 4.78 is 8.60. The number of aromatic nitrogens is 1.